The monoisotopic (exact) mass is 323 g/mol. The summed E-state index contributed by atoms with van der Waals surface area (Å²) in [5, 5.41) is 0.550. The van der Waals surface area contributed by atoms with Crippen LogP contribution in [-0.2, 0) is 10.0 Å². The second-order valence-corrected chi connectivity index (χ2v) is 7.22. The molecule has 0 aromatic heterocycles. The quantitative estimate of drug-likeness (QED) is 0.924. The molecule has 3 nitrogen and oxygen atoms in total. The third kappa shape index (κ3) is 3.64. The van der Waals surface area contributed by atoms with Gasteiger partial charge < -0.3 is 0 Å². The predicted octanol–water partition coefficient (Wildman–Crippen LogP) is 4.00. The first-order valence-electron chi connectivity index (χ1n) is 6.65. The van der Waals surface area contributed by atoms with Gasteiger partial charge in [0.15, 0.2) is 0 Å². The van der Waals surface area contributed by atoms with Crippen molar-refractivity contribution in [3.05, 3.63) is 64.2 Å². The van der Waals surface area contributed by atoms with Crippen LogP contribution in [-0.4, -0.2) is 8.42 Å². The molecule has 2 aromatic carbocycles. The summed E-state index contributed by atoms with van der Waals surface area (Å²) in [6, 6.07) is 12.2. The zero-order valence-electron chi connectivity index (χ0n) is 12.2. The molecule has 1 unspecified atom stereocenters. The molecule has 2 rings (SSSR count). The van der Waals surface area contributed by atoms with E-state index in [2.05, 4.69) is 4.72 Å². The molecule has 0 aliphatic carbocycles. The molecule has 0 amide bonds. The molecule has 5 heteroatoms. The molecule has 0 fully saturated rings. The SMILES string of the molecule is Cc1ccc(C)c(S(=O)(=O)NC(C)c2ccccc2Cl)c1. The maximum atomic E-state index is 12.5. The predicted molar refractivity (Wildman–Crippen MR) is 86.1 cm³/mol. The van der Waals surface area contributed by atoms with Gasteiger partial charge in [-0.15, -0.1) is 0 Å². The van der Waals surface area contributed by atoms with Gasteiger partial charge >= 0.3 is 0 Å². The summed E-state index contributed by atoms with van der Waals surface area (Å²) in [5.74, 6) is 0. The van der Waals surface area contributed by atoms with Crippen molar-refractivity contribution in [3.8, 4) is 0 Å². The minimum absolute atomic E-state index is 0.307. The Kier molecular flexibility index (Phi) is 4.71. The smallest absolute Gasteiger partial charge is 0.207 e. The number of aryl methyl sites for hydroxylation is 2. The third-order valence-electron chi connectivity index (χ3n) is 3.34. The summed E-state index contributed by atoms with van der Waals surface area (Å²) in [7, 11) is -3.59. The number of sulfonamides is 1. The first-order chi connectivity index (χ1) is 9.81. The van der Waals surface area contributed by atoms with Crippen LogP contribution in [0.25, 0.3) is 0 Å². The van der Waals surface area contributed by atoms with E-state index in [1.807, 2.05) is 37.3 Å². The molecule has 112 valence electrons. The van der Waals surface area contributed by atoms with Crippen LogP contribution >= 0.6 is 11.6 Å². The minimum Gasteiger partial charge on any atom is -0.207 e. The van der Waals surface area contributed by atoms with E-state index in [4.69, 9.17) is 11.6 Å². The lowest BCUT2D eigenvalue weighted by molar-refractivity contribution is 0.566. The van der Waals surface area contributed by atoms with Crippen LogP contribution in [0.2, 0.25) is 5.02 Å². The summed E-state index contributed by atoms with van der Waals surface area (Å²) in [4.78, 5) is 0.307. The van der Waals surface area contributed by atoms with Crippen molar-refractivity contribution in [2.24, 2.45) is 0 Å². The van der Waals surface area contributed by atoms with Crippen LogP contribution in [0.1, 0.15) is 29.7 Å². The zero-order chi connectivity index (χ0) is 15.6. The van der Waals surface area contributed by atoms with E-state index in [1.54, 1.807) is 26.0 Å². The fraction of sp³-hybridized carbons (Fsp3) is 0.250. The number of hydrogen-bond acceptors (Lipinski definition) is 2. The van der Waals surface area contributed by atoms with Gasteiger partial charge in [-0.05, 0) is 49.6 Å². The topological polar surface area (TPSA) is 46.2 Å². The Morgan fingerprint density at radius 2 is 1.76 bits per heavy atom. The molecule has 0 spiro atoms. The number of rotatable bonds is 4. The maximum Gasteiger partial charge on any atom is 0.241 e. The fourth-order valence-electron chi connectivity index (χ4n) is 2.18. The van der Waals surface area contributed by atoms with Gasteiger partial charge in [0.2, 0.25) is 10.0 Å². The molecule has 1 N–H and O–H groups in total. The van der Waals surface area contributed by atoms with Gasteiger partial charge in [-0.3, -0.25) is 0 Å². The molecule has 0 saturated heterocycles. The minimum atomic E-state index is -3.59. The Morgan fingerprint density at radius 3 is 2.43 bits per heavy atom. The van der Waals surface area contributed by atoms with E-state index in [9.17, 15) is 8.42 Å². The molecule has 0 heterocycles. The summed E-state index contributed by atoms with van der Waals surface area (Å²) in [6.07, 6.45) is 0. The Hall–Kier alpha value is -1.36. The van der Waals surface area contributed by atoms with E-state index in [0.717, 1.165) is 16.7 Å². The lowest BCUT2D eigenvalue weighted by Crippen LogP contribution is -2.27. The molecule has 1 atom stereocenters. The largest absolute Gasteiger partial charge is 0.241 e. The summed E-state index contributed by atoms with van der Waals surface area (Å²) in [5.41, 5.74) is 2.39. The highest BCUT2D eigenvalue weighted by Gasteiger charge is 2.21. The highest BCUT2D eigenvalue weighted by molar-refractivity contribution is 7.89. The summed E-state index contributed by atoms with van der Waals surface area (Å²) < 4.78 is 27.8. The lowest BCUT2D eigenvalue weighted by Gasteiger charge is -2.17. The highest BCUT2D eigenvalue weighted by Crippen LogP contribution is 2.25. The number of hydrogen-bond donors (Lipinski definition) is 1. The van der Waals surface area contributed by atoms with Gasteiger partial charge in [-0.1, -0.05) is 41.9 Å². The first kappa shape index (κ1) is 16.0. The van der Waals surface area contributed by atoms with Gasteiger partial charge in [0.25, 0.3) is 0 Å². The van der Waals surface area contributed by atoms with E-state index in [1.165, 1.54) is 0 Å². The van der Waals surface area contributed by atoms with E-state index < -0.39 is 16.1 Å². The molecule has 21 heavy (non-hydrogen) atoms. The second kappa shape index (κ2) is 6.18. The van der Waals surface area contributed by atoms with Crippen LogP contribution in [0.3, 0.4) is 0 Å². The van der Waals surface area contributed by atoms with Gasteiger partial charge in [0.1, 0.15) is 0 Å². The van der Waals surface area contributed by atoms with Crippen LogP contribution in [0.15, 0.2) is 47.4 Å². The Labute approximate surface area is 131 Å². The Morgan fingerprint density at radius 1 is 1.10 bits per heavy atom. The molecule has 0 bridgehead atoms. The molecule has 0 aliphatic heterocycles. The zero-order valence-corrected chi connectivity index (χ0v) is 13.8. The second-order valence-electron chi connectivity index (χ2n) is 5.13. The van der Waals surface area contributed by atoms with Gasteiger partial charge in [0, 0.05) is 11.1 Å². The number of nitrogens with one attached hydrogen (secondary N) is 1. The van der Waals surface area contributed by atoms with E-state index in [-0.39, 0.29) is 0 Å². The van der Waals surface area contributed by atoms with Crippen molar-refractivity contribution in [2.45, 2.75) is 31.7 Å². The third-order valence-corrected chi connectivity index (χ3v) is 5.36. The van der Waals surface area contributed by atoms with Crippen LogP contribution in [0, 0.1) is 13.8 Å². The van der Waals surface area contributed by atoms with Crippen molar-refractivity contribution in [1.82, 2.24) is 4.72 Å². The van der Waals surface area contributed by atoms with Gasteiger partial charge in [-0.2, -0.15) is 0 Å². The number of halogens is 1. The van der Waals surface area contributed by atoms with E-state index >= 15 is 0 Å². The number of benzene rings is 2. The summed E-state index contributed by atoms with van der Waals surface area (Å²) >= 11 is 6.12. The van der Waals surface area contributed by atoms with Crippen LogP contribution < -0.4 is 4.72 Å². The average Bonchev–Trinajstić information content (AvgIpc) is 2.41. The van der Waals surface area contributed by atoms with Crippen molar-refractivity contribution in [3.63, 3.8) is 0 Å². The van der Waals surface area contributed by atoms with Gasteiger partial charge in [-0.25, -0.2) is 13.1 Å². The molecule has 2 aromatic rings. The molecular weight excluding hydrogens is 306 g/mol. The normalized spacial score (nSPS) is 13.1. The van der Waals surface area contributed by atoms with Crippen LogP contribution in [0.5, 0.6) is 0 Å². The molecular formula is C16H18ClNO2S. The lowest BCUT2D eigenvalue weighted by atomic mass is 10.1. The van der Waals surface area contributed by atoms with Crippen molar-refractivity contribution in [2.75, 3.05) is 0 Å². The molecule has 0 aliphatic rings. The average molecular weight is 324 g/mol. The fourth-order valence-corrected chi connectivity index (χ4v) is 4.03. The Balaban J connectivity index is 2.34. The van der Waals surface area contributed by atoms with Crippen molar-refractivity contribution in [1.29, 1.82) is 0 Å². The van der Waals surface area contributed by atoms with Crippen LogP contribution in [0.4, 0.5) is 0 Å². The van der Waals surface area contributed by atoms with E-state index in [0.29, 0.717) is 9.92 Å². The van der Waals surface area contributed by atoms with Crippen molar-refractivity contribution < 1.29 is 8.42 Å². The highest BCUT2D eigenvalue weighted by atomic mass is 35.5. The molecule has 0 saturated carbocycles. The van der Waals surface area contributed by atoms with Gasteiger partial charge in [0.05, 0.1) is 4.90 Å². The first-order valence-corrected chi connectivity index (χ1v) is 8.51. The molecule has 0 radical (unpaired) electrons. The Bertz CT molecular complexity index is 757. The van der Waals surface area contributed by atoms with Crippen molar-refractivity contribution >= 4 is 21.6 Å². The summed E-state index contributed by atoms with van der Waals surface area (Å²) in [6.45, 7) is 5.44. The standard InChI is InChI=1S/C16H18ClNO2S/c1-11-8-9-12(2)16(10-11)21(19,20)18-13(3)14-6-4-5-7-15(14)17/h4-10,13,18H,1-3H3. The maximum absolute atomic E-state index is 12.5.